The number of hydrogen-bond acceptors (Lipinski definition) is 3. The first-order valence-corrected chi connectivity index (χ1v) is 6.16. The van der Waals surface area contributed by atoms with Gasteiger partial charge in [-0.2, -0.15) is 5.26 Å². The lowest BCUT2D eigenvalue weighted by atomic mass is 10.0. The molecule has 98 valence electrons. The third-order valence-corrected chi connectivity index (χ3v) is 2.57. The fourth-order valence-corrected chi connectivity index (χ4v) is 1.48. The first kappa shape index (κ1) is 14.9. The zero-order valence-electron chi connectivity index (χ0n) is 11.2. The number of benzene rings is 1. The average Bonchev–Trinajstić information content (AvgIpc) is 2.45. The Morgan fingerprint density at radius 3 is 2.63 bits per heavy atom. The highest BCUT2D eigenvalue weighted by molar-refractivity contribution is 6.09. The molecule has 0 saturated carbocycles. The van der Waals surface area contributed by atoms with Crippen LogP contribution in [0.2, 0.25) is 0 Å². The molecule has 3 heteroatoms. The van der Waals surface area contributed by atoms with Crippen LogP contribution in [0.4, 0.5) is 0 Å². The highest BCUT2D eigenvalue weighted by Gasteiger charge is 1.98. The lowest BCUT2D eigenvalue weighted by molar-refractivity contribution is 0.151. The average molecular weight is 254 g/mol. The summed E-state index contributed by atoms with van der Waals surface area (Å²) in [4.78, 5) is 3.90. The third kappa shape index (κ3) is 5.33. The first-order valence-electron chi connectivity index (χ1n) is 6.16. The van der Waals surface area contributed by atoms with Crippen molar-refractivity contribution in [2.75, 3.05) is 13.2 Å². The van der Waals surface area contributed by atoms with Crippen molar-refractivity contribution >= 4 is 11.8 Å². The molecule has 0 unspecified atom stereocenters. The predicted molar refractivity (Wildman–Crippen MR) is 78.9 cm³/mol. The summed E-state index contributed by atoms with van der Waals surface area (Å²) < 4.78 is 5.31. The monoisotopic (exact) mass is 254 g/mol. The van der Waals surface area contributed by atoms with Crippen LogP contribution in [0.25, 0.3) is 5.57 Å². The second-order valence-corrected chi connectivity index (χ2v) is 3.99. The second-order valence-electron chi connectivity index (χ2n) is 3.99. The van der Waals surface area contributed by atoms with Crippen molar-refractivity contribution < 1.29 is 4.74 Å². The molecule has 0 spiro atoms. The molecule has 1 rings (SSSR count). The van der Waals surface area contributed by atoms with Crippen LogP contribution in [0.5, 0.6) is 0 Å². The Morgan fingerprint density at radius 1 is 1.37 bits per heavy atom. The molecule has 0 aliphatic carbocycles. The van der Waals surface area contributed by atoms with Crippen LogP contribution in [0, 0.1) is 11.3 Å². The van der Waals surface area contributed by atoms with Crippen LogP contribution in [-0.2, 0) is 11.2 Å². The van der Waals surface area contributed by atoms with E-state index in [1.54, 1.807) is 6.21 Å². The molecule has 0 fully saturated rings. The summed E-state index contributed by atoms with van der Waals surface area (Å²) in [6, 6.07) is 9.94. The number of aliphatic imine (C=N–C) groups is 1. The zero-order valence-corrected chi connectivity index (χ0v) is 11.2. The molecular formula is C16H18N2O. The normalized spacial score (nSPS) is 10.3. The molecule has 3 nitrogen and oxygen atoms in total. The van der Waals surface area contributed by atoms with E-state index in [4.69, 9.17) is 10.00 Å². The lowest BCUT2D eigenvalue weighted by Crippen LogP contribution is -1.97. The summed E-state index contributed by atoms with van der Waals surface area (Å²) in [5.41, 5.74) is 3.14. The van der Waals surface area contributed by atoms with Crippen LogP contribution in [0.3, 0.4) is 0 Å². The SMILES string of the molecule is C=C(C#N)/N=C/C(=C)c1ccc(CCOCC)cc1. The van der Waals surface area contributed by atoms with Gasteiger partial charge in [-0.1, -0.05) is 37.4 Å². The number of rotatable bonds is 7. The molecule has 0 bridgehead atoms. The summed E-state index contributed by atoms with van der Waals surface area (Å²) in [6.45, 7) is 10.9. The van der Waals surface area contributed by atoms with Crippen LogP contribution in [0.15, 0.2) is 48.1 Å². The van der Waals surface area contributed by atoms with E-state index < -0.39 is 0 Å². The molecule has 0 N–H and O–H groups in total. The Kier molecular flexibility index (Phi) is 6.28. The van der Waals surface area contributed by atoms with E-state index in [0.717, 1.165) is 30.8 Å². The quantitative estimate of drug-likeness (QED) is 0.425. The molecule has 0 saturated heterocycles. The van der Waals surface area contributed by atoms with Gasteiger partial charge in [-0.25, -0.2) is 4.99 Å². The standard InChI is InChI=1S/C16H18N2O/c1-4-19-10-9-15-5-7-16(8-6-15)13(2)12-18-14(3)11-17/h5-8,12H,2-4,9-10H2,1H3/b18-12+. The molecule has 0 atom stereocenters. The lowest BCUT2D eigenvalue weighted by Gasteiger charge is -2.04. The number of nitrogens with zero attached hydrogens (tertiary/aromatic N) is 2. The Balaban J connectivity index is 2.61. The van der Waals surface area contributed by atoms with Gasteiger partial charge in [-0.05, 0) is 30.0 Å². The minimum atomic E-state index is 0.175. The van der Waals surface area contributed by atoms with Crippen LogP contribution in [0.1, 0.15) is 18.1 Å². The van der Waals surface area contributed by atoms with E-state index in [1.807, 2.05) is 37.3 Å². The first-order chi connectivity index (χ1) is 9.17. The van der Waals surface area contributed by atoms with Crippen molar-refractivity contribution in [3.63, 3.8) is 0 Å². The van der Waals surface area contributed by atoms with Crippen LogP contribution < -0.4 is 0 Å². The summed E-state index contributed by atoms with van der Waals surface area (Å²) in [7, 11) is 0. The number of hydrogen-bond donors (Lipinski definition) is 0. The Bertz CT molecular complexity index is 507. The van der Waals surface area contributed by atoms with Gasteiger partial charge in [-0.3, -0.25) is 0 Å². The van der Waals surface area contributed by atoms with E-state index >= 15 is 0 Å². The molecule has 1 aromatic carbocycles. The second kappa shape index (κ2) is 8.02. The van der Waals surface area contributed by atoms with E-state index in [2.05, 4.69) is 18.2 Å². The summed E-state index contributed by atoms with van der Waals surface area (Å²) in [5.74, 6) is 0. The fourth-order valence-electron chi connectivity index (χ4n) is 1.48. The molecule has 1 aromatic rings. The van der Waals surface area contributed by atoms with E-state index in [1.165, 1.54) is 5.56 Å². The van der Waals surface area contributed by atoms with E-state index in [-0.39, 0.29) is 5.70 Å². The van der Waals surface area contributed by atoms with E-state index in [9.17, 15) is 0 Å². The van der Waals surface area contributed by atoms with Gasteiger partial charge in [-0.15, -0.1) is 0 Å². The minimum absolute atomic E-state index is 0.175. The highest BCUT2D eigenvalue weighted by atomic mass is 16.5. The van der Waals surface area contributed by atoms with Crippen LogP contribution >= 0.6 is 0 Å². The largest absolute Gasteiger partial charge is 0.381 e. The molecule has 0 amide bonds. The molecule has 0 heterocycles. The van der Waals surface area contributed by atoms with Gasteiger partial charge in [0, 0.05) is 12.8 Å². The number of ether oxygens (including phenoxy) is 1. The maximum atomic E-state index is 8.55. The van der Waals surface area contributed by atoms with Crippen molar-refractivity contribution in [3.05, 3.63) is 54.2 Å². The number of nitriles is 1. The maximum absolute atomic E-state index is 8.55. The fraction of sp³-hybridized carbons (Fsp3) is 0.250. The molecule has 0 aliphatic heterocycles. The van der Waals surface area contributed by atoms with Crippen molar-refractivity contribution in [1.82, 2.24) is 0 Å². The van der Waals surface area contributed by atoms with Gasteiger partial charge >= 0.3 is 0 Å². The summed E-state index contributed by atoms with van der Waals surface area (Å²) >= 11 is 0. The van der Waals surface area contributed by atoms with Crippen molar-refractivity contribution in [2.45, 2.75) is 13.3 Å². The Hall–Kier alpha value is -2.18. The maximum Gasteiger partial charge on any atom is 0.133 e. The zero-order chi connectivity index (χ0) is 14.1. The van der Waals surface area contributed by atoms with Gasteiger partial charge in [0.1, 0.15) is 11.8 Å². The predicted octanol–water partition coefficient (Wildman–Crippen LogP) is 3.39. The minimum Gasteiger partial charge on any atom is -0.381 e. The van der Waals surface area contributed by atoms with Gasteiger partial charge in [0.15, 0.2) is 0 Å². The third-order valence-electron chi connectivity index (χ3n) is 2.57. The summed E-state index contributed by atoms with van der Waals surface area (Å²) in [6.07, 6.45) is 2.46. The molecule has 0 aromatic heterocycles. The van der Waals surface area contributed by atoms with Crippen molar-refractivity contribution in [2.24, 2.45) is 4.99 Å². The molecule has 0 radical (unpaired) electrons. The smallest absolute Gasteiger partial charge is 0.133 e. The molecule has 0 aliphatic rings. The summed E-state index contributed by atoms with van der Waals surface area (Å²) in [5, 5.41) is 8.55. The van der Waals surface area contributed by atoms with Gasteiger partial charge in [0.2, 0.25) is 0 Å². The number of allylic oxidation sites excluding steroid dienone is 2. The molecule has 19 heavy (non-hydrogen) atoms. The van der Waals surface area contributed by atoms with Crippen LogP contribution in [-0.4, -0.2) is 19.4 Å². The van der Waals surface area contributed by atoms with Crippen molar-refractivity contribution in [1.29, 1.82) is 5.26 Å². The Morgan fingerprint density at radius 2 is 2.05 bits per heavy atom. The van der Waals surface area contributed by atoms with Gasteiger partial charge in [0.25, 0.3) is 0 Å². The highest BCUT2D eigenvalue weighted by Crippen LogP contribution is 2.12. The van der Waals surface area contributed by atoms with Crippen molar-refractivity contribution in [3.8, 4) is 6.07 Å². The Labute approximate surface area is 114 Å². The topological polar surface area (TPSA) is 45.4 Å². The van der Waals surface area contributed by atoms with Gasteiger partial charge < -0.3 is 4.74 Å². The van der Waals surface area contributed by atoms with Gasteiger partial charge in [0.05, 0.1) is 6.61 Å². The molecular weight excluding hydrogens is 236 g/mol. The van der Waals surface area contributed by atoms with E-state index in [0.29, 0.717) is 0 Å².